The maximum Gasteiger partial charge on any atom is 0.192 e. The number of aryl methyl sites for hydroxylation is 2. The molecule has 0 spiro atoms. The minimum Gasteiger partial charge on any atom is -0.398 e. The Bertz CT molecular complexity index is 779. The monoisotopic (exact) mass is 323 g/mol. The summed E-state index contributed by atoms with van der Waals surface area (Å²) < 4.78 is 23.0. The van der Waals surface area contributed by atoms with Crippen molar-refractivity contribution in [2.45, 2.75) is 35.7 Å². The van der Waals surface area contributed by atoms with Crippen LogP contribution in [0.5, 0.6) is 0 Å². The Kier molecular flexibility index (Phi) is 4.25. The van der Waals surface area contributed by atoms with Crippen LogP contribution >= 0.6 is 11.8 Å². The van der Waals surface area contributed by atoms with Crippen molar-refractivity contribution in [2.24, 2.45) is 0 Å². The average Bonchev–Trinajstić information content (AvgIpc) is 2.37. The van der Waals surface area contributed by atoms with Gasteiger partial charge in [0.25, 0.3) is 0 Å². The van der Waals surface area contributed by atoms with Gasteiger partial charge in [0.05, 0.1) is 4.90 Å². The van der Waals surface area contributed by atoms with Crippen LogP contribution in [-0.4, -0.2) is 24.6 Å². The lowest BCUT2D eigenvalue weighted by Crippen LogP contribution is -2.00. The lowest BCUT2D eigenvalue weighted by Gasteiger charge is -2.09. The predicted octanol–water partition coefficient (Wildman–Crippen LogP) is 2.54. The Morgan fingerprint density at radius 1 is 1.10 bits per heavy atom. The van der Waals surface area contributed by atoms with Crippen LogP contribution in [0.15, 0.2) is 33.1 Å². The minimum atomic E-state index is -3.25. The van der Waals surface area contributed by atoms with Crippen molar-refractivity contribution in [3.8, 4) is 0 Å². The van der Waals surface area contributed by atoms with Crippen LogP contribution in [0, 0.1) is 20.8 Å². The Morgan fingerprint density at radius 3 is 2.14 bits per heavy atom. The van der Waals surface area contributed by atoms with Crippen molar-refractivity contribution < 1.29 is 8.42 Å². The van der Waals surface area contributed by atoms with Crippen LogP contribution in [0.2, 0.25) is 0 Å². The highest BCUT2D eigenvalue weighted by molar-refractivity contribution is 7.99. The Hall–Kier alpha value is -1.60. The molecule has 2 aromatic rings. The fourth-order valence-corrected chi connectivity index (χ4v) is 3.27. The number of nitrogens with two attached hydrogens (primary N) is 1. The number of aromatic nitrogens is 2. The van der Waals surface area contributed by atoms with Crippen molar-refractivity contribution in [3.05, 3.63) is 35.2 Å². The molecule has 0 radical (unpaired) electrons. The summed E-state index contributed by atoms with van der Waals surface area (Å²) in [5.41, 5.74) is 9.26. The second kappa shape index (κ2) is 5.65. The molecule has 21 heavy (non-hydrogen) atoms. The number of benzene rings is 1. The molecular weight excluding hydrogens is 306 g/mol. The van der Waals surface area contributed by atoms with E-state index < -0.39 is 9.84 Å². The number of rotatable bonds is 3. The maximum absolute atomic E-state index is 11.5. The molecule has 0 amide bonds. The Morgan fingerprint density at radius 2 is 1.67 bits per heavy atom. The van der Waals surface area contributed by atoms with E-state index in [-0.39, 0.29) is 4.90 Å². The van der Waals surface area contributed by atoms with Gasteiger partial charge in [0.2, 0.25) is 0 Å². The molecule has 0 saturated heterocycles. The second-order valence-electron chi connectivity index (χ2n) is 4.88. The van der Waals surface area contributed by atoms with Gasteiger partial charge in [0.1, 0.15) is 0 Å². The topological polar surface area (TPSA) is 85.9 Å². The molecule has 0 fully saturated rings. The van der Waals surface area contributed by atoms with Gasteiger partial charge in [0, 0.05) is 28.2 Å². The molecular formula is C14H17N3O2S2. The van der Waals surface area contributed by atoms with Crippen LogP contribution in [0.1, 0.15) is 17.0 Å². The van der Waals surface area contributed by atoms with Gasteiger partial charge in [-0.25, -0.2) is 18.4 Å². The Labute approximate surface area is 128 Å². The molecule has 0 aliphatic heterocycles. The van der Waals surface area contributed by atoms with E-state index in [0.717, 1.165) is 28.1 Å². The maximum atomic E-state index is 11.5. The van der Waals surface area contributed by atoms with E-state index in [9.17, 15) is 8.42 Å². The zero-order valence-corrected chi connectivity index (χ0v) is 14.0. The van der Waals surface area contributed by atoms with Crippen molar-refractivity contribution in [1.29, 1.82) is 0 Å². The van der Waals surface area contributed by atoms with E-state index in [1.807, 2.05) is 20.8 Å². The van der Waals surface area contributed by atoms with E-state index >= 15 is 0 Å². The van der Waals surface area contributed by atoms with Gasteiger partial charge in [-0.1, -0.05) is 0 Å². The van der Waals surface area contributed by atoms with E-state index in [1.54, 1.807) is 12.1 Å². The first-order chi connectivity index (χ1) is 9.68. The van der Waals surface area contributed by atoms with Crippen LogP contribution in [0.3, 0.4) is 0 Å². The summed E-state index contributed by atoms with van der Waals surface area (Å²) in [6.07, 6.45) is 1.16. The molecule has 112 valence electrons. The molecule has 5 nitrogen and oxygen atoms in total. The zero-order chi connectivity index (χ0) is 15.8. The van der Waals surface area contributed by atoms with Gasteiger partial charge < -0.3 is 5.73 Å². The quantitative estimate of drug-likeness (QED) is 0.690. The first kappa shape index (κ1) is 15.8. The second-order valence-corrected chi connectivity index (χ2v) is 7.90. The molecule has 0 bridgehead atoms. The number of hydrogen-bond acceptors (Lipinski definition) is 6. The highest BCUT2D eigenvalue weighted by Gasteiger charge is 2.12. The molecule has 2 N–H and O–H groups in total. The lowest BCUT2D eigenvalue weighted by atomic mass is 10.2. The standard InChI is InChI=1S/C14H17N3O2S2/c1-8-9(2)16-14(17-10(8)3)20-13-6-5-11(7-12(13)15)21(4,18)19/h5-7H,15H2,1-4H3. The van der Waals surface area contributed by atoms with Crippen LogP contribution < -0.4 is 5.73 Å². The first-order valence-corrected chi connectivity index (χ1v) is 8.98. The van der Waals surface area contributed by atoms with Crippen LogP contribution in [0.4, 0.5) is 5.69 Å². The van der Waals surface area contributed by atoms with Gasteiger partial charge >= 0.3 is 0 Å². The molecule has 1 aromatic heterocycles. The highest BCUT2D eigenvalue weighted by Crippen LogP contribution is 2.32. The van der Waals surface area contributed by atoms with Gasteiger partial charge in [-0.3, -0.25) is 0 Å². The van der Waals surface area contributed by atoms with E-state index in [1.165, 1.54) is 17.8 Å². The average molecular weight is 323 g/mol. The van der Waals surface area contributed by atoms with Gasteiger partial charge in [-0.2, -0.15) is 0 Å². The third kappa shape index (κ3) is 3.54. The van der Waals surface area contributed by atoms with Crippen molar-refractivity contribution in [3.63, 3.8) is 0 Å². The lowest BCUT2D eigenvalue weighted by molar-refractivity contribution is 0.602. The number of nitrogen functional groups attached to an aromatic ring is 1. The fourth-order valence-electron chi connectivity index (χ4n) is 1.74. The molecule has 1 aromatic carbocycles. The third-order valence-electron chi connectivity index (χ3n) is 3.22. The number of nitrogens with zero attached hydrogens (tertiary/aromatic N) is 2. The van der Waals surface area contributed by atoms with Crippen molar-refractivity contribution in [2.75, 3.05) is 12.0 Å². The van der Waals surface area contributed by atoms with Gasteiger partial charge in [-0.05, 0) is 56.3 Å². The van der Waals surface area contributed by atoms with E-state index in [4.69, 9.17) is 5.73 Å². The molecule has 0 saturated carbocycles. The molecule has 0 aliphatic carbocycles. The number of hydrogen-bond donors (Lipinski definition) is 1. The van der Waals surface area contributed by atoms with Gasteiger partial charge in [0.15, 0.2) is 15.0 Å². The highest BCUT2D eigenvalue weighted by atomic mass is 32.2. The first-order valence-electron chi connectivity index (χ1n) is 6.28. The van der Waals surface area contributed by atoms with Crippen molar-refractivity contribution in [1.82, 2.24) is 9.97 Å². The summed E-state index contributed by atoms with van der Waals surface area (Å²) in [5.74, 6) is 0. The third-order valence-corrected chi connectivity index (χ3v) is 5.29. The molecule has 0 atom stereocenters. The fraction of sp³-hybridized carbons (Fsp3) is 0.286. The summed E-state index contributed by atoms with van der Waals surface area (Å²) in [5, 5.41) is 0.606. The summed E-state index contributed by atoms with van der Waals surface area (Å²) in [6, 6.07) is 4.69. The van der Waals surface area contributed by atoms with Gasteiger partial charge in [-0.15, -0.1) is 0 Å². The largest absolute Gasteiger partial charge is 0.398 e. The number of anilines is 1. The summed E-state index contributed by atoms with van der Waals surface area (Å²) in [6.45, 7) is 5.85. The predicted molar refractivity (Wildman–Crippen MR) is 84.3 cm³/mol. The summed E-state index contributed by atoms with van der Waals surface area (Å²) >= 11 is 1.33. The SMILES string of the molecule is Cc1nc(Sc2ccc(S(C)(=O)=O)cc2N)nc(C)c1C. The van der Waals surface area contributed by atoms with Crippen LogP contribution in [0.25, 0.3) is 0 Å². The Balaban J connectivity index is 2.37. The zero-order valence-electron chi connectivity index (χ0n) is 12.3. The number of sulfone groups is 1. The summed E-state index contributed by atoms with van der Waals surface area (Å²) in [7, 11) is -3.25. The molecule has 0 aliphatic rings. The van der Waals surface area contributed by atoms with E-state index in [0.29, 0.717) is 10.8 Å². The normalized spacial score (nSPS) is 11.6. The minimum absolute atomic E-state index is 0.210. The van der Waals surface area contributed by atoms with Crippen LogP contribution in [-0.2, 0) is 9.84 Å². The summed E-state index contributed by atoms with van der Waals surface area (Å²) in [4.78, 5) is 9.79. The molecule has 0 unspecified atom stereocenters. The smallest absolute Gasteiger partial charge is 0.192 e. The molecule has 7 heteroatoms. The van der Waals surface area contributed by atoms with Crippen molar-refractivity contribution >= 4 is 27.3 Å². The molecule has 1 heterocycles. The molecule has 2 rings (SSSR count). The van der Waals surface area contributed by atoms with E-state index in [2.05, 4.69) is 9.97 Å².